The Bertz CT molecular complexity index is 1300. The van der Waals surface area contributed by atoms with Gasteiger partial charge in [0.1, 0.15) is 22.6 Å². The fraction of sp³-hybridized carbons (Fsp3) is 0.158. The lowest BCUT2D eigenvalue weighted by atomic mass is 10.2. The third kappa shape index (κ3) is 3.92. The molecule has 164 valence electrons. The van der Waals surface area contributed by atoms with E-state index >= 15 is 0 Å². The van der Waals surface area contributed by atoms with E-state index in [2.05, 4.69) is 20.2 Å². The standard InChI is InChI=1S/C19H17FN8O3S/c1-9(16(22)30)28(12-5-3-11(20)4-6-12)19-24-15(21)14(32-19)13(29)18-25-17(26-31-18)10-7-23-27(2)8-10/h3-9H,21H2,1-2H3,(H2,22,30). The summed E-state index contributed by atoms with van der Waals surface area (Å²) in [6.45, 7) is 1.56. The molecule has 0 saturated heterocycles. The Kier molecular flexibility index (Phi) is 5.40. The predicted molar refractivity (Wildman–Crippen MR) is 114 cm³/mol. The molecule has 1 atom stereocenters. The van der Waals surface area contributed by atoms with Gasteiger partial charge in [-0.3, -0.25) is 14.3 Å². The van der Waals surface area contributed by atoms with E-state index in [1.54, 1.807) is 24.9 Å². The first kappa shape index (κ1) is 21.1. The van der Waals surface area contributed by atoms with Gasteiger partial charge in [-0.25, -0.2) is 9.37 Å². The smallest absolute Gasteiger partial charge is 0.300 e. The molecule has 0 fully saturated rings. The van der Waals surface area contributed by atoms with Gasteiger partial charge in [0.05, 0.1) is 11.8 Å². The highest BCUT2D eigenvalue weighted by Crippen LogP contribution is 2.36. The number of nitrogens with two attached hydrogens (primary N) is 2. The van der Waals surface area contributed by atoms with Crippen LogP contribution in [0.25, 0.3) is 11.4 Å². The van der Waals surface area contributed by atoms with Crippen LogP contribution in [-0.2, 0) is 11.8 Å². The summed E-state index contributed by atoms with van der Waals surface area (Å²) >= 11 is 0.919. The van der Waals surface area contributed by atoms with Crippen molar-refractivity contribution in [1.82, 2.24) is 24.9 Å². The van der Waals surface area contributed by atoms with Crippen molar-refractivity contribution in [3.05, 3.63) is 53.2 Å². The molecule has 11 nitrogen and oxygen atoms in total. The molecule has 32 heavy (non-hydrogen) atoms. The molecule has 4 N–H and O–H groups in total. The zero-order valence-electron chi connectivity index (χ0n) is 16.9. The highest BCUT2D eigenvalue weighted by atomic mass is 32.1. The van der Waals surface area contributed by atoms with Crippen LogP contribution in [0.1, 0.15) is 22.5 Å². The average molecular weight is 456 g/mol. The van der Waals surface area contributed by atoms with Gasteiger partial charge in [0.2, 0.25) is 11.7 Å². The van der Waals surface area contributed by atoms with E-state index in [1.807, 2.05) is 0 Å². The topological polar surface area (TPSA) is 159 Å². The van der Waals surface area contributed by atoms with Gasteiger partial charge in [0.15, 0.2) is 5.13 Å². The summed E-state index contributed by atoms with van der Waals surface area (Å²) in [5.74, 6) is -1.88. The number of carbonyl (C=O) groups is 2. The molecule has 1 amide bonds. The average Bonchev–Trinajstić information content (AvgIpc) is 3.49. The number of aryl methyl sites for hydroxylation is 1. The monoisotopic (exact) mass is 456 g/mol. The minimum atomic E-state index is -0.852. The molecule has 3 aromatic heterocycles. The molecule has 3 heterocycles. The minimum Gasteiger partial charge on any atom is -0.382 e. The first-order chi connectivity index (χ1) is 15.2. The Labute approximate surface area is 184 Å². The molecular weight excluding hydrogens is 439 g/mol. The summed E-state index contributed by atoms with van der Waals surface area (Å²) in [6.07, 6.45) is 3.20. The van der Waals surface area contributed by atoms with Crippen LogP contribution in [0.15, 0.2) is 41.2 Å². The molecule has 0 aliphatic heterocycles. The second kappa shape index (κ2) is 8.19. The molecule has 0 saturated carbocycles. The Hall–Kier alpha value is -4.13. The summed E-state index contributed by atoms with van der Waals surface area (Å²) in [6, 6.07) is 4.54. The van der Waals surface area contributed by atoms with Gasteiger partial charge in [0, 0.05) is 18.9 Å². The molecular formula is C19H17FN8O3S. The fourth-order valence-corrected chi connectivity index (χ4v) is 3.90. The Balaban J connectivity index is 1.69. The molecule has 0 bridgehead atoms. The van der Waals surface area contributed by atoms with Crippen LogP contribution in [0.3, 0.4) is 0 Å². The van der Waals surface area contributed by atoms with Crippen LogP contribution in [0.4, 0.5) is 21.0 Å². The van der Waals surface area contributed by atoms with E-state index in [1.165, 1.54) is 35.4 Å². The van der Waals surface area contributed by atoms with Crippen molar-refractivity contribution in [3.63, 3.8) is 0 Å². The van der Waals surface area contributed by atoms with Crippen LogP contribution < -0.4 is 16.4 Å². The molecule has 13 heteroatoms. The molecule has 4 rings (SSSR count). The number of ketones is 1. The third-order valence-electron chi connectivity index (χ3n) is 4.54. The number of primary amides is 1. The number of carbonyl (C=O) groups excluding carboxylic acids is 2. The first-order valence-electron chi connectivity index (χ1n) is 9.22. The lowest BCUT2D eigenvalue weighted by Crippen LogP contribution is -2.39. The third-order valence-corrected chi connectivity index (χ3v) is 5.61. The summed E-state index contributed by atoms with van der Waals surface area (Å²) in [7, 11) is 1.73. The molecule has 0 spiro atoms. The largest absolute Gasteiger partial charge is 0.382 e. The number of rotatable bonds is 7. The zero-order valence-corrected chi connectivity index (χ0v) is 17.7. The van der Waals surface area contributed by atoms with E-state index in [-0.39, 0.29) is 27.5 Å². The number of hydrogen-bond acceptors (Lipinski definition) is 10. The first-order valence-corrected chi connectivity index (χ1v) is 10.0. The molecule has 0 aliphatic rings. The number of halogens is 1. The maximum atomic E-state index is 13.4. The van der Waals surface area contributed by atoms with Crippen LogP contribution >= 0.6 is 11.3 Å². The number of anilines is 3. The number of nitrogens with zero attached hydrogens (tertiary/aromatic N) is 6. The molecule has 1 aromatic carbocycles. The van der Waals surface area contributed by atoms with Crippen LogP contribution in [0.2, 0.25) is 0 Å². The van der Waals surface area contributed by atoms with E-state index < -0.39 is 23.5 Å². The minimum absolute atomic E-state index is 0.0465. The quantitative estimate of drug-likeness (QED) is 0.396. The zero-order chi connectivity index (χ0) is 23.0. The number of nitrogen functional groups attached to an aromatic ring is 1. The van der Waals surface area contributed by atoms with Gasteiger partial charge in [-0.15, -0.1) is 0 Å². The van der Waals surface area contributed by atoms with E-state index in [9.17, 15) is 14.0 Å². The second-order valence-electron chi connectivity index (χ2n) is 6.79. The highest BCUT2D eigenvalue weighted by molar-refractivity contribution is 7.18. The maximum absolute atomic E-state index is 13.4. The second-order valence-corrected chi connectivity index (χ2v) is 7.77. The van der Waals surface area contributed by atoms with Crippen molar-refractivity contribution in [2.24, 2.45) is 12.8 Å². The molecule has 0 aliphatic carbocycles. The van der Waals surface area contributed by atoms with Gasteiger partial charge in [0.25, 0.3) is 11.7 Å². The van der Waals surface area contributed by atoms with Gasteiger partial charge in [-0.05, 0) is 31.2 Å². The van der Waals surface area contributed by atoms with Gasteiger partial charge >= 0.3 is 0 Å². The van der Waals surface area contributed by atoms with Crippen molar-refractivity contribution in [2.75, 3.05) is 10.6 Å². The predicted octanol–water partition coefficient (Wildman–Crippen LogP) is 1.89. The summed E-state index contributed by atoms with van der Waals surface area (Å²) in [4.78, 5) is 34.7. The van der Waals surface area contributed by atoms with E-state index in [0.717, 1.165) is 11.3 Å². The Morgan fingerprint density at radius 3 is 2.59 bits per heavy atom. The van der Waals surface area contributed by atoms with Gasteiger partial charge in [-0.2, -0.15) is 10.1 Å². The number of hydrogen-bond donors (Lipinski definition) is 2. The molecule has 4 aromatic rings. The van der Waals surface area contributed by atoms with Crippen molar-refractivity contribution >= 4 is 39.7 Å². The highest BCUT2D eigenvalue weighted by Gasteiger charge is 2.29. The van der Waals surface area contributed by atoms with Crippen molar-refractivity contribution in [2.45, 2.75) is 13.0 Å². The summed E-state index contributed by atoms with van der Waals surface area (Å²) in [5, 5.41) is 8.04. The SMILES string of the molecule is CC(C(N)=O)N(c1ccc(F)cc1)c1nc(N)c(C(=O)c2nc(-c3cnn(C)c3)no2)s1. The Morgan fingerprint density at radius 2 is 1.97 bits per heavy atom. The molecule has 1 unspecified atom stereocenters. The maximum Gasteiger partial charge on any atom is 0.300 e. The van der Waals surface area contributed by atoms with Crippen LogP contribution in [-0.4, -0.2) is 42.6 Å². The Morgan fingerprint density at radius 1 is 1.25 bits per heavy atom. The van der Waals surface area contributed by atoms with E-state index in [4.69, 9.17) is 16.0 Å². The van der Waals surface area contributed by atoms with Gasteiger partial charge in [-0.1, -0.05) is 16.5 Å². The lowest BCUT2D eigenvalue weighted by molar-refractivity contribution is -0.118. The number of thiazole rings is 1. The number of aromatic nitrogens is 5. The van der Waals surface area contributed by atoms with Gasteiger partial charge < -0.3 is 20.9 Å². The number of benzene rings is 1. The van der Waals surface area contributed by atoms with Crippen LogP contribution in [0, 0.1) is 5.82 Å². The van der Waals surface area contributed by atoms with E-state index in [0.29, 0.717) is 11.3 Å². The fourth-order valence-electron chi connectivity index (χ4n) is 2.88. The lowest BCUT2D eigenvalue weighted by Gasteiger charge is -2.26. The van der Waals surface area contributed by atoms with Crippen molar-refractivity contribution < 1.29 is 18.5 Å². The van der Waals surface area contributed by atoms with Crippen molar-refractivity contribution in [1.29, 1.82) is 0 Å². The van der Waals surface area contributed by atoms with Crippen molar-refractivity contribution in [3.8, 4) is 11.4 Å². The van der Waals surface area contributed by atoms with Crippen LogP contribution in [0.5, 0.6) is 0 Å². The molecule has 0 radical (unpaired) electrons. The normalized spacial score (nSPS) is 12.0. The summed E-state index contributed by atoms with van der Waals surface area (Å²) in [5.41, 5.74) is 12.5. The number of amides is 1. The summed E-state index contributed by atoms with van der Waals surface area (Å²) < 4.78 is 20.0.